The van der Waals surface area contributed by atoms with E-state index in [2.05, 4.69) is 12.2 Å². The molecule has 94 valence electrons. The second kappa shape index (κ2) is 5.50. The highest BCUT2D eigenvalue weighted by molar-refractivity contribution is 4.90. The summed E-state index contributed by atoms with van der Waals surface area (Å²) in [4.78, 5) is 0. The fraction of sp³-hybridized carbons (Fsp3) is 1.00. The topological polar surface area (TPSA) is 32.3 Å². The zero-order chi connectivity index (χ0) is 11.4. The Morgan fingerprint density at radius 3 is 2.56 bits per heavy atom. The maximum atomic E-state index is 10.0. The first-order valence-electron chi connectivity index (χ1n) is 7.17. The molecule has 16 heavy (non-hydrogen) atoms. The van der Waals surface area contributed by atoms with Gasteiger partial charge in [0, 0.05) is 12.6 Å². The molecule has 2 saturated carbocycles. The van der Waals surface area contributed by atoms with E-state index in [1.54, 1.807) is 0 Å². The molecular weight excluding hydrogens is 198 g/mol. The van der Waals surface area contributed by atoms with Crippen molar-refractivity contribution in [2.45, 2.75) is 76.4 Å². The van der Waals surface area contributed by atoms with Gasteiger partial charge in [0.15, 0.2) is 0 Å². The summed E-state index contributed by atoms with van der Waals surface area (Å²) in [6, 6.07) is 0.668. The van der Waals surface area contributed by atoms with Gasteiger partial charge < -0.3 is 10.4 Å². The van der Waals surface area contributed by atoms with E-state index in [4.69, 9.17) is 0 Å². The summed E-state index contributed by atoms with van der Waals surface area (Å²) in [5.74, 6) is 0.957. The summed E-state index contributed by atoms with van der Waals surface area (Å²) >= 11 is 0. The van der Waals surface area contributed by atoms with Crippen molar-refractivity contribution in [1.82, 2.24) is 5.32 Å². The van der Waals surface area contributed by atoms with E-state index in [1.807, 2.05) is 0 Å². The normalized spacial score (nSPS) is 34.1. The van der Waals surface area contributed by atoms with E-state index in [0.29, 0.717) is 6.04 Å². The lowest BCUT2D eigenvalue weighted by molar-refractivity contribution is -0.0335. The molecule has 2 aliphatic carbocycles. The van der Waals surface area contributed by atoms with Crippen molar-refractivity contribution in [3.05, 3.63) is 0 Å². The van der Waals surface area contributed by atoms with Gasteiger partial charge in [-0.15, -0.1) is 0 Å². The third kappa shape index (κ3) is 3.21. The second-order valence-electron chi connectivity index (χ2n) is 5.94. The average molecular weight is 225 g/mol. The summed E-state index contributed by atoms with van der Waals surface area (Å²) in [6.45, 7) is 3.14. The maximum absolute atomic E-state index is 10.0. The molecule has 0 aromatic heterocycles. The van der Waals surface area contributed by atoms with Crippen LogP contribution in [0.4, 0.5) is 0 Å². The standard InChI is InChI=1S/C14H27NO/c1-2-12-5-3-6-13(8-7-12)15-11-14(16)9-4-10-14/h12-13,15-16H,2-11H2,1H3. The van der Waals surface area contributed by atoms with Crippen LogP contribution in [0.1, 0.15) is 64.7 Å². The smallest absolute Gasteiger partial charge is 0.0771 e. The Hall–Kier alpha value is -0.0800. The largest absolute Gasteiger partial charge is 0.389 e. The third-order valence-electron chi connectivity index (χ3n) is 4.67. The number of rotatable bonds is 4. The average Bonchev–Trinajstić information content (AvgIpc) is 2.48. The maximum Gasteiger partial charge on any atom is 0.0771 e. The van der Waals surface area contributed by atoms with Crippen molar-refractivity contribution in [2.75, 3.05) is 6.54 Å². The highest BCUT2D eigenvalue weighted by Gasteiger charge is 2.34. The fourth-order valence-corrected chi connectivity index (χ4v) is 3.09. The van der Waals surface area contributed by atoms with Crippen LogP contribution in [0.25, 0.3) is 0 Å². The predicted octanol–water partition coefficient (Wildman–Crippen LogP) is 2.85. The Kier molecular flexibility index (Phi) is 4.26. The van der Waals surface area contributed by atoms with Crippen molar-refractivity contribution < 1.29 is 5.11 Å². The van der Waals surface area contributed by atoms with Gasteiger partial charge in [0.05, 0.1) is 5.60 Å². The summed E-state index contributed by atoms with van der Waals surface area (Å²) in [5.41, 5.74) is -0.351. The minimum absolute atomic E-state index is 0.351. The highest BCUT2D eigenvalue weighted by atomic mass is 16.3. The fourth-order valence-electron chi connectivity index (χ4n) is 3.09. The van der Waals surface area contributed by atoms with Crippen LogP contribution in [0, 0.1) is 5.92 Å². The van der Waals surface area contributed by atoms with Gasteiger partial charge in [0.2, 0.25) is 0 Å². The van der Waals surface area contributed by atoms with Gasteiger partial charge in [0.1, 0.15) is 0 Å². The molecule has 0 aromatic carbocycles. The molecule has 2 fully saturated rings. The predicted molar refractivity (Wildman–Crippen MR) is 67.5 cm³/mol. The molecule has 2 atom stereocenters. The van der Waals surface area contributed by atoms with Crippen molar-refractivity contribution in [3.8, 4) is 0 Å². The van der Waals surface area contributed by atoms with Crippen molar-refractivity contribution in [1.29, 1.82) is 0 Å². The first kappa shape index (κ1) is 12.4. The second-order valence-corrected chi connectivity index (χ2v) is 5.94. The monoisotopic (exact) mass is 225 g/mol. The van der Waals surface area contributed by atoms with Crippen molar-refractivity contribution >= 4 is 0 Å². The van der Waals surface area contributed by atoms with Crippen molar-refractivity contribution in [3.63, 3.8) is 0 Å². The molecule has 0 aliphatic heterocycles. The molecule has 2 aliphatic rings. The van der Waals surface area contributed by atoms with Gasteiger partial charge in [-0.3, -0.25) is 0 Å². The molecule has 2 N–H and O–H groups in total. The SMILES string of the molecule is CCC1CCCC(NCC2(O)CCC2)CC1. The van der Waals surface area contributed by atoms with Crippen LogP contribution in [0.15, 0.2) is 0 Å². The zero-order valence-corrected chi connectivity index (χ0v) is 10.7. The summed E-state index contributed by atoms with van der Waals surface area (Å²) < 4.78 is 0. The van der Waals surface area contributed by atoms with Gasteiger partial charge in [0.25, 0.3) is 0 Å². The zero-order valence-electron chi connectivity index (χ0n) is 10.7. The third-order valence-corrected chi connectivity index (χ3v) is 4.67. The van der Waals surface area contributed by atoms with E-state index >= 15 is 0 Å². The Balaban J connectivity index is 1.69. The number of hydrogen-bond donors (Lipinski definition) is 2. The van der Waals surface area contributed by atoms with Gasteiger partial charge in [-0.25, -0.2) is 0 Å². The van der Waals surface area contributed by atoms with Gasteiger partial charge >= 0.3 is 0 Å². The molecular formula is C14H27NO. The number of nitrogens with one attached hydrogen (secondary N) is 1. The number of aliphatic hydroxyl groups is 1. The summed E-state index contributed by atoms with van der Waals surface area (Å²) in [6.07, 6.45) is 11.4. The van der Waals surface area contributed by atoms with Crippen LogP contribution in [-0.2, 0) is 0 Å². The Morgan fingerprint density at radius 2 is 1.94 bits per heavy atom. The molecule has 0 radical (unpaired) electrons. The van der Waals surface area contributed by atoms with Gasteiger partial charge in [-0.05, 0) is 44.4 Å². The quantitative estimate of drug-likeness (QED) is 0.721. The van der Waals surface area contributed by atoms with Crippen LogP contribution in [0.2, 0.25) is 0 Å². The van der Waals surface area contributed by atoms with Crippen LogP contribution in [0.3, 0.4) is 0 Å². The molecule has 0 aromatic rings. The molecule has 0 saturated heterocycles. The molecule has 2 unspecified atom stereocenters. The van der Waals surface area contributed by atoms with E-state index in [-0.39, 0.29) is 5.60 Å². The first-order valence-corrected chi connectivity index (χ1v) is 7.17. The van der Waals surface area contributed by atoms with E-state index < -0.39 is 0 Å². The molecule has 0 spiro atoms. The molecule has 2 rings (SSSR count). The van der Waals surface area contributed by atoms with Gasteiger partial charge in [-0.1, -0.05) is 26.2 Å². The summed E-state index contributed by atoms with van der Waals surface area (Å²) in [7, 11) is 0. The Morgan fingerprint density at radius 1 is 1.12 bits per heavy atom. The Bertz CT molecular complexity index is 213. The van der Waals surface area contributed by atoms with Crippen molar-refractivity contribution in [2.24, 2.45) is 5.92 Å². The number of hydrogen-bond acceptors (Lipinski definition) is 2. The summed E-state index contributed by atoms with van der Waals surface area (Å²) in [5, 5.41) is 13.6. The van der Waals surface area contributed by atoms with E-state index in [1.165, 1.54) is 44.9 Å². The first-order chi connectivity index (χ1) is 7.72. The van der Waals surface area contributed by atoms with Crippen LogP contribution in [0.5, 0.6) is 0 Å². The molecule has 0 bridgehead atoms. The lowest BCUT2D eigenvalue weighted by atomic mass is 9.80. The van der Waals surface area contributed by atoms with E-state index in [0.717, 1.165) is 25.3 Å². The molecule has 2 nitrogen and oxygen atoms in total. The Labute approximate surface area is 99.8 Å². The van der Waals surface area contributed by atoms with Crippen LogP contribution in [-0.4, -0.2) is 23.3 Å². The highest BCUT2D eigenvalue weighted by Crippen LogP contribution is 2.31. The van der Waals surface area contributed by atoms with Crippen LogP contribution >= 0.6 is 0 Å². The minimum atomic E-state index is -0.351. The molecule has 2 heteroatoms. The lowest BCUT2D eigenvalue weighted by Gasteiger charge is -2.38. The van der Waals surface area contributed by atoms with E-state index in [9.17, 15) is 5.11 Å². The lowest BCUT2D eigenvalue weighted by Crippen LogP contribution is -2.48. The van der Waals surface area contributed by atoms with Gasteiger partial charge in [-0.2, -0.15) is 0 Å². The minimum Gasteiger partial charge on any atom is -0.389 e. The molecule has 0 heterocycles. The van der Waals surface area contributed by atoms with Crippen LogP contribution < -0.4 is 5.32 Å². The molecule has 0 amide bonds.